The van der Waals surface area contributed by atoms with Crippen molar-refractivity contribution < 1.29 is 4.52 Å². The monoisotopic (exact) mass is 291 g/mol. The molecule has 0 unspecified atom stereocenters. The molecule has 0 spiro atoms. The highest BCUT2D eigenvalue weighted by atomic mass is 16.5. The average molecular weight is 291 g/mol. The summed E-state index contributed by atoms with van der Waals surface area (Å²) >= 11 is 0. The average Bonchev–Trinajstić information content (AvgIpc) is 3.17. The zero-order chi connectivity index (χ0) is 14.7. The lowest BCUT2D eigenvalue weighted by Crippen LogP contribution is -2.25. The van der Waals surface area contributed by atoms with Gasteiger partial charge in [-0.15, -0.1) is 0 Å². The molecule has 4 heteroatoms. The minimum atomic E-state index is 0.518. The number of hydrogen-bond acceptors (Lipinski definition) is 4. The second kappa shape index (κ2) is 6.91. The molecule has 118 valence electrons. The predicted molar refractivity (Wildman–Crippen MR) is 82.9 cm³/mol. The molecule has 0 atom stereocenters. The first-order chi connectivity index (χ1) is 10.2. The van der Waals surface area contributed by atoms with Gasteiger partial charge in [0.25, 0.3) is 0 Å². The van der Waals surface area contributed by atoms with Crippen LogP contribution in [0.5, 0.6) is 0 Å². The lowest BCUT2D eigenvalue weighted by Gasteiger charge is -2.29. The summed E-state index contributed by atoms with van der Waals surface area (Å²) in [6, 6.07) is 0.654. The summed E-state index contributed by atoms with van der Waals surface area (Å²) < 4.78 is 5.43. The Kier molecular flexibility index (Phi) is 4.94. The van der Waals surface area contributed by atoms with Gasteiger partial charge in [-0.1, -0.05) is 31.8 Å². The van der Waals surface area contributed by atoms with E-state index in [9.17, 15) is 0 Å². The van der Waals surface area contributed by atoms with E-state index in [2.05, 4.69) is 29.3 Å². The Morgan fingerprint density at radius 2 is 1.81 bits per heavy atom. The van der Waals surface area contributed by atoms with Crippen molar-refractivity contribution in [3.05, 3.63) is 11.7 Å². The van der Waals surface area contributed by atoms with Gasteiger partial charge in [-0.2, -0.15) is 4.98 Å². The summed E-state index contributed by atoms with van der Waals surface area (Å²) in [6.07, 6.45) is 10.4. The third-order valence-electron chi connectivity index (χ3n) is 5.46. The molecule has 0 radical (unpaired) electrons. The number of rotatable bonds is 5. The molecule has 1 aromatic rings. The third-order valence-corrected chi connectivity index (χ3v) is 5.46. The molecule has 0 aromatic carbocycles. The van der Waals surface area contributed by atoms with Crippen molar-refractivity contribution in [1.82, 2.24) is 15.5 Å². The standard InChI is InChI=1S/C17H29N3O/c1-12(2)13-7-9-14(10-8-13)17-19-16(21-20-17)11-18-15-5-3-4-6-15/h12-15,18H,3-11H2,1-2H3. The zero-order valence-electron chi connectivity index (χ0n) is 13.5. The van der Waals surface area contributed by atoms with Crippen molar-refractivity contribution >= 4 is 0 Å². The predicted octanol–water partition coefficient (Wildman–Crippen LogP) is 4.03. The summed E-state index contributed by atoms with van der Waals surface area (Å²) in [7, 11) is 0. The van der Waals surface area contributed by atoms with Crippen LogP contribution in [0.4, 0.5) is 0 Å². The maximum atomic E-state index is 5.43. The summed E-state index contributed by atoms with van der Waals surface area (Å²) in [4.78, 5) is 4.62. The fourth-order valence-electron chi connectivity index (χ4n) is 3.91. The maximum Gasteiger partial charge on any atom is 0.240 e. The molecule has 1 N–H and O–H groups in total. The van der Waals surface area contributed by atoms with Crippen LogP contribution < -0.4 is 5.32 Å². The Morgan fingerprint density at radius 1 is 1.10 bits per heavy atom. The van der Waals surface area contributed by atoms with Crippen LogP contribution in [0.15, 0.2) is 4.52 Å². The Bertz CT molecular complexity index is 429. The molecule has 0 saturated heterocycles. The van der Waals surface area contributed by atoms with Gasteiger partial charge in [-0.3, -0.25) is 0 Å². The van der Waals surface area contributed by atoms with Gasteiger partial charge in [0.15, 0.2) is 5.82 Å². The van der Waals surface area contributed by atoms with E-state index in [-0.39, 0.29) is 0 Å². The van der Waals surface area contributed by atoms with Crippen LogP contribution in [0.2, 0.25) is 0 Å². The quantitative estimate of drug-likeness (QED) is 0.889. The Hall–Kier alpha value is -0.900. The summed E-state index contributed by atoms with van der Waals surface area (Å²) in [5, 5.41) is 7.77. The molecule has 2 aliphatic carbocycles. The number of nitrogens with zero attached hydrogens (tertiary/aromatic N) is 2. The van der Waals surface area contributed by atoms with Gasteiger partial charge < -0.3 is 9.84 Å². The van der Waals surface area contributed by atoms with E-state index in [1.807, 2.05) is 0 Å². The van der Waals surface area contributed by atoms with E-state index in [0.717, 1.165) is 30.1 Å². The number of hydrogen-bond donors (Lipinski definition) is 1. The molecule has 4 nitrogen and oxygen atoms in total. The normalized spacial score (nSPS) is 27.6. The van der Waals surface area contributed by atoms with E-state index in [4.69, 9.17) is 4.52 Å². The summed E-state index contributed by atoms with van der Waals surface area (Å²) in [5.74, 6) is 3.92. The maximum absolute atomic E-state index is 5.43. The van der Waals surface area contributed by atoms with Crippen LogP contribution in [0, 0.1) is 11.8 Å². The molecule has 0 amide bonds. The Balaban J connectivity index is 1.48. The number of aromatic nitrogens is 2. The SMILES string of the molecule is CC(C)C1CCC(c2noc(CNC3CCCC3)n2)CC1. The smallest absolute Gasteiger partial charge is 0.240 e. The minimum Gasteiger partial charge on any atom is -0.338 e. The Labute approximate surface area is 128 Å². The first-order valence-corrected chi connectivity index (χ1v) is 8.78. The van der Waals surface area contributed by atoms with Gasteiger partial charge in [0, 0.05) is 12.0 Å². The van der Waals surface area contributed by atoms with Crippen LogP contribution in [-0.4, -0.2) is 16.2 Å². The molecule has 1 aromatic heterocycles. The molecule has 21 heavy (non-hydrogen) atoms. The molecular weight excluding hydrogens is 262 g/mol. The first-order valence-electron chi connectivity index (χ1n) is 8.78. The van der Waals surface area contributed by atoms with Crippen LogP contribution in [0.1, 0.15) is 82.8 Å². The summed E-state index contributed by atoms with van der Waals surface area (Å²) in [6.45, 7) is 5.41. The lowest BCUT2D eigenvalue weighted by molar-refractivity contribution is 0.251. The topological polar surface area (TPSA) is 51.0 Å². The van der Waals surface area contributed by atoms with E-state index < -0.39 is 0 Å². The van der Waals surface area contributed by atoms with Gasteiger partial charge in [-0.05, 0) is 50.4 Å². The van der Waals surface area contributed by atoms with Crippen molar-refractivity contribution in [3.63, 3.8) is 0 Å². The molecule has 0 aliphatic heterocycles. The highest BCUT2D eigenvalue weighted by molar-refractivity contribution is 4.98. The van der Waals surface area contributed by atoms with E-state index >= 15 is 0 Å². The minimum absolute atomic E-state index is 0.518. The van der Waals surface area contributed by atoms with E-state index in [1.165, 1.54) is 51.4 Å². The van der Waals surface area contributed by atoms with E-state index in [1.54, 1.807) is 0 Å². The lowest BCUT2D eigenvalue weighted by atomic mass is 9.77. The van der Waals surface area contributed by atoms with Crippen molar-refractivity contribution in [2.45, 2.75) is 83.7 Å². The molecule has 3 rings (SSSR count). The number of nitrogens with one attached hydrogen (secondary N) is 1. The van der Waals surface area contributed by atoms with Crippen molar-refractivity contribution in [2.75, 3.05) is 0 Å². The summed E-state index contributed by atoms with van der Waals surface area (Å²) in [5.41, 5.74) is 0. The van der Waals surface area contributed by atoms with Crippen molar-refractivity contribution in [1.29, 1.82) is 0 Å². The highest BCUT2D eigenvalue weighted by Gasteiger charge is 2.27. The molecule has 1 heterocycles. The first kappa shape index (κ1) is 15.0. The third kappa shape index (κ3) is 3.85. The molecule has 2 fully saturated rings. The largest absolute Gasteiger partial charge is 0.338 e. The molecule has 0 bridgehead atoms. The van der Waals surface area contributed by atoms with Gasteiger partial charge in [-0.25, -0.2) is 0 Å². The van der Waals surface area contributed by atoms with Crippen LogP contribution in [0.3, 0.4) is 0 Å². The van der Waals surface area contributed by atoms with Crippen LogP contribution >= 0.6 is 0 Å². The fourth-order valence-corrected chi connectivity index (χ4v) is 3.91. The van der Waals surface area contributed by atoms with E-state index in [0.29, 0.717) is 12.0 Å². The van der Waals surface area contributed by atoms with Gasteiger partial charge in [0.2, 0.25) is 5.89 Å². The molecule has 2 saturated carbocycles. The van der Waals surface area contributed by atoms with Crippen molar-refractivity contribution in [3.8, 4) is 0 Å². The zero-order valence-corrected chi connectivity index (χ0v) is 13.5. The second-order valence-electron chi connectivity index (χ2n) is 7.26. The van der Waals surface area contributed by atoms with Gasteiger partial charge in [0.05, 0.1) is 6.54 Å². The molecular formula is C17H29N3O. The van der Waals surface area contributed by atoms with Crippen LogP contribution in [-0.2, 0) is 6.54 Å². The Morgan fingerprint density at radius 3 is 2.48 bits per heavy atom. The van der Waals surface area contributed by atoms with Crippen LogP contribution in [0.25, 0.3) is 0 Å². The van der Waals surface area contributed by atoms with Crippen molar-refractivity contribution in [2.24, 2.45) is 11.8 Å². The van der Waals surface area contributed by atoms with Gasteiger partial charge >= 0.3 is 0 Å². The molecule has 2 aliphatic rings. The second-order valence-corrected chi connectivity index (χ2v) is 7.26. The van der Waals surface area contributed by atoms with Gasteiger partial charge in [0.1, 0.15) is 0 Å². The fraction of sp³-hybridized carbons (Fsp3) is 0.882. The highest BCUT2D eigenvalue weighted by Crippen LogP contribution is 2.37.